The molecule has 6 atom stereocenters. The number of ether oxygens (including phenoxy) is 2. The molecule has 2 aliphatic heterocycles. The SMILES string of the molecule is C[C@@H]1OCC[C@@H]1Sc1nn([C@@H]2O[C@H](COS(N)(=O)=O)[C@@H](O)[C@H]2O)c2ncnc(N)c12. The van der Waals surface area contributed by atoms with E-state index in [0.29, 0.717) is 22.7 Å². The van der Waals surface area contributed by atoms with Crippen molar-refractivity contribution in [2.45, 2.75) is 54.3 Å². The van der Waals surface area contributed by atoms with Crippen LogP contribution in [0.3, 0.4) is 0 Å². The van der Waals surface area contributed by atoms with Gasteiger partial charge in [0, 0.05) is 11.9 Å². The number of nitrogens with two attached hydrogens (primary N) is 2. The Morgan fingerprint density at radius 3 is 2.80 bits per heavy atom. The molecule has 2 saturated heterocycles. The fourth-order valence-electron chi connectivity index (χ4n) is 3.46. The van der Waals surface area contributed by atoms with Crippen LogP contribution in [0.5, 0.6) is 0 Å². The molecule has 0 bridgehead atoms. The first kappa shape index (κ1) is 21.6. The average molecular weight is 463 g/mol. The first-order valence-corrected chi connectivity index (χ1v) is 11.5. The maximum absolute atomic E-state index is 11.0. The van der Waals surface area contributed by atoms with Gasteiger partial charge in [-0.05, 0) is 13.3 Å². The molecule has 2 aromatic rings. The molecule has 30 heavy (non-hydrogen) atoms. The zero-order valence-electron chi connectivity index (χ0n) is 15.9. The van der Waals surface area contributed by atoms with Gasteiger partial charge < -0.3 is 25.4 Å². The van der Waals surface area contributed by atoms with E-state index in [-0.39, 0.29) is 17.2 Å². The van der Waals surface area contributed by atoms with Gasteiger partial charge in [-0.25, -0.2) is 19.8 Å². The largest absolute Gasteiger partial charge is 0.387 e. The Hall–Kier alpha value is -1.59. The molecule has 166 valence electrons. The minimum atomic E-state index is -4.24. The number of nitrogen functional groups attached to an aromatic ring is 1. The first-order chi connectivity index (χ1) is 14.2. The molecule has 0 aromatic carbocycles. The van der Waals surface area contributed by atoms with Crippen LogP contribution >= 0.6 is 11.8 Å². The maximum atomic E-state index is 11.0. The fourth-order valence-corrected chi connectivity index (χ4v) is 5.01. The van der Waals surface area contributed by atoms with Gasteiger partial charge in [0.2, 0.25) is 0 Å². The number of fused-ring (bicyclic) bond motifs is 1. The Bertz CT molecular complexity index is 1030. The zero-order chi connectivity index (χ0) is 21.6. The van der Waals surface area contributed by atoms with Crippen LogP contribution in [0.15, 0.2) is 11.4 Å². The van der Waals surface area contributed by atoms with E-state index < -0.39 is 41.5 Å². The molecule has 4 heterocycles. The number of anilines is 1. The van der Waals surface area contributed by atoms with Gasteiger partial charge in [-0.2, -0.15) is 13.5 Å². The van der Waals surface area contributed by atoms with Crippen LogP contribution in [-0.4, -0.2) is 81.3 Å². The summed E-state index contributed by atoms with van der Waals surface area (Å²) in [7, 11) is -4.24. The van der Waals surface area contributed by atoms with Crippen molar-refractivity contribution in [3.05, 3.63) is 6.33 Å². The Labute approximate surface area is 175 Å². The molecule has 6 N–H and O–H groups in total. The molecule has 2 fully saturated rings. The van der Waals surface area contributed by atoms with E-state index in [1.54, 1.807) is 0 Å². The number of aliphatic hydroxyl groups is 2. The number of thioether (sulfide) groups is 1. The first-order valence-electron chi connectivity index (χ1n) is 9.11. The predicted molar refractivity (Wildman–Crippen MR) is 104 cm³/mol. The summed E-state index contributed by atoms with van der Waals surface area (Å²) in [6, 6.07) is 0. The van der Waals surface area contributed by atoms with Crippen molar-refractivity contribution in [1.82, 2.24) is 19.7 Å². The Morgan fingerprint density at radius 2 is 2.13 bits per heavy atom. The average Bonchev–Trinajstić information content (AvgIpc) is 3.32. The van der Waals surface area contributed by atoms with Crippen molar-refractivity contribution in [3.63, 3.8) is 0 Å². The van der Waals surface area contributed by atoms with E-state index in [1.165, 1.54) is 22.8 Å². The van der Waals surface area contributed by atoms with Crippen molar-refractivity contribution in [2.75, 3.05) is 18.9 Å². The number of hydrogen-bond acceptors (Lipinski definition) is 12. The topological polar surface area (TPSA) is 198 Å². The van der Waals surface area contributed by atoms with Gasteiger partial charge in [-0.3, -0.25) is 4.18 Å². The van der Waals surface area contributed by atoms with Gasteiger partial charge in [-0.15, -0.1) is 0 Å². The molecule has 0 unspecified atom stereocenters. The Balaban J connectivity index is 1.66. The van der Waals surface area contributed by atoms with Crippen LogP contribution < -0.4 is 10.9 Å². The summed E-state index contributed by atoms with van der Waals surface area (Å²) in [4.78, 5) is 8.24. The Kier molecular flexibility index (Phi) is 5.88. The van der Waals surface area contributed by atoms with Crippen LogP contribution in [-0.2, 0) is 24.0 Å². The maximum Gasteiger partial charge on any atom is 0.333 e. The molecule has 2 aromatic heterocycles. The van der Waals surface area contributed by atoms with Gasteiger partial charge in [0.15, 0.2) is 11.9 Å². The van der Waals surface area contributed by atoms with E-state index >= 15 is 0 Å². The number of aromatic nitrogens is 4. The molecule has 2 aliphatic rings. The van der Waals surface area contributed by atoms with Crippen molar-refractivity contribution >= 4 is 38.9 Å². The Morgan fingerprint density at radius 1 is 1.37 bits per heavy atom. The summed E-state index contributed by atoms with van der Waals surface area (Å²) >= 11 is 1.46. The number of rotatable bonds is 6. The third-order valence-corrected chi connectivity index (χ3v) is 6.93. The summed E-state index contributed by atoms with van der Waals surface area (Å²) in [5, 5.41) is 31.3. The van der Waals surface area contributed by atoms with Crippen LogP contribution in [0.4, 0.5) is 5.82 Å². The molecule has 15 heteroatoms. The molecule has 0 amide bonds. The highest BCUT2D eigenvalue weighted by atomic mass is 32.2. The minimum absolute atomic E-state index is 0.0240. The standard InChI is InChI=1S/C15H22N6O7S2/c1-6-8(2-3-26-6)29-14-9-12(16)18-5-19-13(9)21(20-14)15-11(23)10(22)7(28-15)4-27-30(17,24)25/h5-8,10-11,15,22-23H,2-4H2,1H3,(H2,16,18,19)(H2,17,24,25)/t6-,7+,8-,10+,11+,15+/m0/s1. The van der Waals surface area contributed by atoms with Crippen molar-refractivity contribution in [3.8, 4) is 0 Å². The lowest BCUT2D eigenvalue weighted by atomic mass is 10.1. The zero-order valence-corrected chi connectivity index (χ0v) is 17.5. The van der Waals surface area contributed by atoms with E-state index in [9.17, 15) is 18.6 Å². The second kappa shape index (κ2) is 8.16. The second-order valence-corrected chi connectivity index (χ2v) is 9.50. The molecular weight excluding hydrogens is 440 g/mol. The monoisotopic (exact) mass is 462 g/mol. The third kappa shape index (κ3) is 4.11. The number of nitrogens with zero attached hydrogens (tertiary/aromatic N) is 4. The normalized spacial score (nSPS) is 32.3. The van der Waals surface area contributed by atoms with Crippen molar-refractivity contribution in [1.29, 1.82) is 0 Å². The summed E-state index contributed by atoms with van der Waals surface area (Å²) in [5.74, 6) is 0.211. The summed E-state index contributed by atoms with van der Waals surface area (Å²) in [6.07, 6.45) is -3.05. The van der Waals surface area contributed by atoms with E-state index in [0.717, 1.165) is 6.42 Å². The number of hydrogen-bond donors (Lipinski definition) is 4. The molecule has 0 aliphatic carbocycles. The summed E-state index contributed by atoms with van der Waals surface area (Å²) in [6.45, 7) is 2.05. The van der Waals surface area contributed by atoms with Gasteiger partial charge >= 0.3 is 10.3 Å². The van der Waals surface area contributed by atoms with Crippen LogP contribution in [0.2, 0.25) is 0 Å². The highest BCUT2D eigenvalue weighted by molar-refractivity contribution is 8.00. The van der Waals surface area contributed by atoms with E-state index in [1.807, 2.05) is 6.92 Å². The van der Waals surface area contributed by atoms with Gasteiger partial charge in [0.05, 0.1) is 18.1 Å². The van der Waals surface area contributed by atoms with Gasteiger partial charge in [0.1, 0.15) is 35.5 Å². The highest BCUT2D eigenvalue weighted by Crippen LogP contribution is 2.39. The quantitative estimate of drug-likeness (QED) is 0.389. The molecule has 13 nitrogen and oxygen atoms in total. The summed E-state index contributed by atoms with van der Waals surface area (Å²) < 4.78 is 39.1. The number of aliphatic hydroxyl groups excluding tert-OH is 2. The molecule has 0 radical (unpaired) electrons. The predicted octanol–water partition coefficient (Wildman–Crippen LogP) is -1.48. The molecule has 4 rings (SSSR count). The summed E-state index contributed by atoms with van der Waals surface area (Å²) in [5.41, 5.74) is 6.37. The minimum Gasteiger partial charge on any atom is -0.387 e. The molecule has 0 spiro atoms. The highest BCUT2D eigenvalue weighted by Gasteiger charge is 2.46. The van der Waals surface area contributed by atoms with E-state index in [2.05, 4.69) is 19.2 Å². The van der Waals surface area contributed by atoms with Crippen LogP contribution in [0, 0.1) is 0 Å². The third-order valence-electron chi connectivity index (χ3n) is 5.03. The van der Waals surface area contributed by atoms with Crippen molar-refractivity contribution < 1.29 is 32.3 Å². The van der Waals surface area contributed by atoms with E-state index in [4.69, 9.17) is 20.3 Å². The van der Waals surface area contributed by atoms with Crippen molar-refractivity contribution in [2.24, 2.45) is 5.14 Å². The molecular formula is C15H22N6O7S2. The van der Waals surface area contributed by atoms with Gasteiger partial charge in [0.25, 0.3) is 0 Å². The second-order valence-electron chi connectivity index (χ2n) is 7.05. The smallest absolute Gasteiger partial charge is 0.333 e. The lowest BCUT2D eigenvalue weighted by Gasteiger charge is -2.15. The van der Waals surface area contributed by atoms with Crippen LogP contribution in [0.1, 0.15) is 19.6 Å². The molecule has 0 saturated carbocycles. The fraction of sp³-hybridized carbons (Fsp3) is 0.667. The lowest BCUT2D eigenvalue weighted by Crippen LogP contribution is -2.35. The van der Waals surface area contributed by atoms with Gasteiger partial charge in [-0.1, -0.05) is 11.8 Å². The lowest BCUT2D eigenvalue weighted by molar-refractivity contribution is -0.0532. The van der Waals surface area contributed by atoms with Crippen LogP contribution in [0.25, 0.3) is 11.0 Å².